The van der Waals surface area contributed by atoms with Gasteiger partial charge in [-0.25, -0.2) is 0 Å². The van der Waals surface area contributed by atoms with Gasteiger partial charge in [0.2, 0.25) is 0 Å². The van der Waals surface area contributed by atoms with Crippen LogP contribution in [0.3, 0.4) is 0 Å². The van der Waals surface area contributed by atoms with Crippen LogP contribution >= 0.6 is 11.3 Å². The number of nitrogens with zero attached hydrogens (tertiary/aromatic N) is 2. The average molecular weight is 247 g/mol. The smallest absolute Gasteiger partial charge is 0.110 e. The predicted molar refractivity (Wildman–Crippen MR) is 70.5 cm³/mol. The Morgan fingerprint density at radius 2 is 2.18 bits per heavy atom. The van der Waals surface area contributed by atoms with Gasteiger partial charge in [-0.2, -0.15) is 5.26 Å². The Hall–Kier alpha value is -1.05. The number of rotatable bonds is 1. The summed E-state index contributed by atoms with van der Waals surface area (Å²) in [4.78, 5) is 3.76. The molecule has 0 aromatic carbocycles. The summed E-state index contributed by atoms with van der Waals surface area (Å²) in [5.41, 5.74) is 8.23. The first-order chi connectivity index (χ1) is 8.29. The molecule has 3 nitrogen and oxygen atoms in total. The van der Waals surface area contributed by atoms with Crippen molar-refractivity contribution < 1.29 is 0 Å². The third-order valence-electron chi connectivity index (χ3n) is 3.78. The summed E-state index contributed by atoms with van der Waals surface area (Å²) in [5, 5.41) is 10.6. The highest BCUT2D eigenvalue weighted by atomic mass is 32.1. The zero-order valence-corrected chi connectivity index (χ0v) is 10.7. The quantitative estimate of drug-likeness (QED) is 0.826. The van der Waals surface area contributed by atoms with Crippen molar-refractivity contribution in [2.24, 2.45) is 5.73 Å². The molecule has 0 bridgehead atoms. The lowest BCUT2D eigenvalue weighted by Crippen LogP contribution is -2.26. The molecule has 2 aliphatic rings. The third-order valence-corrected chi connectivity index (χ3v) is 5.13. The predicted octanol–water partition coefficient (Wildman–Crippen LogP) is 2.04. The van der Waals surface area contributed by atoms with E-state index in [1.807, 2.05) is 11.3 Å². The molecule has 0 unspecified atom stereocenters. The van der Waals surface area contributed by atoms with Crippen molar-refractivity contribution in [3.63, 3.8) is 0 Å². The number of nitrogens with two attached hydrogens (primary N) is 1. The van der Waals surface area contributed by atoms with Crippen LogP contribution in [0.1, 0.15) is 35.3 Å². The first-order valence-electron chi connectivity index (χ1n) is 6.34. The molecule has 1 saturated heterocycles. The zero-order chi connectivity index (χ0) is 11.8. The van der Waals surface area contributed by atoms with Crippen molar-refractivity contribution in [2.45, 2.75) is 38.1 Å². The van der Waals surface area contributed by atoms with Crippen molar-refractivity contribution >= 4 is 16.3 Å². The maximum Gasteiger partial charge on any atom is 0.110 e. The standard InChI is InChI=1S/C13H17N3S/c14-7-11-10-3-1-2-4-12(10)17-13(11)16-6-5-9(15)8-16/h9H,1-6,8,15H2/t9-/m0/s1. The zero-order valence-electron chi connectivity index (χ0n) is 9.91. The highest BCUT2D eigenvalue weighted by molar-refractivity contribution is 7.16. The molecule has 1 aromatic heterocycles. The summed E-state index contributed by atoms with van der Waals surface area (Å²) in [6.07, 6.45) is 5.81. The summed E-state index contributed by atoms with van der Waals surface area (Å²) in [6, 6.07) is 2.70. The molecular weight excluding hydrogens is 230 g/mol. The summed E-state index contributed by atoms with van der Waals surface area (Å²) in [5.74, 6) is 0. The van der Waals surface area contributed by atoms with E-state index >= 15 is 0 Å². The van der Waals surface area contributed by atoms with E-state index in [9.17, 15) is 5.26 Å². The van der Waals surface area contributed by atoms with Crippen LogP contribution in [0.5, 0.6) is 0 Å². The van der Waals surface area contributed by atoms with Gasteiger partial charge in [-0.3, -0.25) is 0 Å². The van der Waals surface area contributed by atoms with Gasteiger partial charge in [-0.15, -0.1) is 11.3 Å². The van der Waals surface area contributed by atoms with Crippen LogP contribution in [0.15, 0.2) is 0 Å². The lowest BCUT2D eigenvalue weighted by atomic mass is 9.96. The fraction of sp³-hybridized carbons (Fsp3) is 0.615. The first-order valence-corrected chi connectivity index (χ1v) is 7.16. The van der Waals surface area contributed by atoms with E-state index in [1.165, 1.54) is 28.3 Å². The Bertz CT molecular complexity index is 472. The fourth-order valence-electron chi connectivity index (χ4n) is 2.86. The summed E-state index contributed by atoms with van der Waals surface area (Å²) < 4.78 is 0. The number of fused-ring (bicyclic) bond motifs is 1. The molecule has 1 fully saturated rings. The highest BCUT2D eigenvalue weighted by Crippen LogP contribution is 2.40. The number of aryl methyl sites for hydroxylation is 1. The first kappa shape index (κ1) is 11.1. The molecule has 17 heavy (non-hydrogen) atoms. The largest absolute Gasteiger partial charge is 0.361 e. The number of hydrogen-bond acceptors (Lipinski definition) is 4. The number of nitriles is 1. The molecule has 0 radical (unpaired) electrons. The van der Waals surface area contributed by atoms with Crippen LogP contribution in [0.2, 0.25) is 0 Å². The van der Waals surface area contributed by atoms with Crippen molar-refractivity contribution in [3.8, 4) is 6.07 Å². The number of thiophene rings is 1. The molecule has 2 heterocycles. The maximum atomic E-state index is 9.39. The van der Waals surface area contributed by atoms with E-state index in [0.29, 0.717) is 0 Å². The van der Waals surface area contributed by atoms with Crippen LogP contribution in [0, 0.1) is 11.3 Å². The van der Waals surface area contributed by atoms with Gasteiger partial charge in [-0.05, 0) is 37.7 Å². The van der Waals surface area contributed by atoms with E-state index in [1.54, 1.807) is 0 Å². The summed E-state index contributed by atoms with van der Waals surface area (Å²) in [7, 11) is 0. The second-order valence-corrected chi connectivity index (χ2v) is 6.08. The lowest BCUT2D eigenvalue weighted by Gasteiger charge is -2.16. The van der Waals surface area contributed by atoms with E-state index in [-0.39, 0.29) is 6.04 Å². The minimum atomic E-state index is 0.278. The lowest BCUT2D eigenvalue weighted by molar-refractivity contribution is 0.696. The maximum absolute atomic E-state index is 9.39. The van der Waals surface area contributed by atoms with E-state index < -0.39 is 0 Å². The Balaban J connectivity index is 1.99. The molecule has 0 spiro atoms. The Morgan fingerprint density at radius 3 is 2.88 bits per heavy atom. The monoisotopic (exact) mass is 247 g/mol. The minimum Gasteiger partial charge on any atom is -0.361 e. The highest BCUT2D eigenvalue weighted by Gasteiger charge is 2.27. The van der Waals surface area contributed by atoms with Gasteiger partial charge in [0.05, 0.1) is 5.56 Å². The molecule has 1 atom stereocenters. The second kappa shape index (κ2) is 4.32. The molecule has 1 aromatic rings. The molecule has 90 valence electrons. The SMILES string of the molecule is N#Cc1c(N2CC[C@H](N)C2)sc2c1CCCC2. The molecule has 1 aliphatic heterocycles. The van der Waals surface area contributed by atoms with Crippen molar-refractivity contribution in [1.29, 1.82) is 5.26 Å². The number of hydrogen-bond donors (Lipinski definition) is 1. The molecule has 4 heteroatoms. The van der Waals surface area contributed by atoms with Crippen molar-refractivity contribution in [1.82, 2.24) is 0 Å². The molecule has 0 saturated carbocycles. The van der Waals surface area contributed by atoms with E-state index in [0.717, 1.165) is 37.9 Å². The molecule has 0 amide bonds. The van der Waals surface area contributed by atoms with Crippen LogP contribution in [0.4, 0.5) is 5.00 Å². The molecule has 1 aliphatic carbocycles. The molecule has 3 rings (SSSR count). The Labute approximate surface area is 106 Å². The van der Waals surface area contributed by atoms with Gasteiger partial charge >= 0.3 is 0 Å². The van der Waals surface area contributed by atoms with Crippen LogP contribution < -0.4 is 10.6 Å². The number of anilines is 1. The minimum absolute atomic E-state index is 0.278. The average Bonchev–Trinajstić information content (AvgIpc) is 2.91. The topological polar surface area (TPSA) is 53.0 Å². The van der Waals surface area contributed by atoms with Gasteiger partial charge in [0.15, 0.2) is 0 Å². The Kier molecular flexibility index (Phi) is 2.81. The van der Waals surface area contributed by atoms with Crippen LogP contribution in [-0.2, 0) is 12.8 Å². The van der Waals surface area contributed by atoms with Gasteiger partial charge < -0.3 is 10.6 Å². The van der Waals surface area contributed by atoms with Gasteiger partial charge in [0.1, 0.15) is 11.1 Å². The van der Waals surface area contributed by atoms with E-state index in [4.69, 9.17) is 5.73 Å². The molecule has 2 N–H and O–H groups in total. The van der Waals surface area contributed by atoms with E-state index in [2.05, 4.69) is 11.0 Å². The third kappa shape index (κ3) is 1.84. The van der Waals surface area contributed by atoms with Gasteiger partial charge in [0, 0.05) is 24.0 Å². The second-order valence-electron chi connectivity index (χ2n) is 5.00. The Morgan fingerprint density at radius 1 is 1.35 bits per heavy atom. The van der Waals surface area contributed by atoms with Gasteiger partial charge in [0.25, 0.3) is 0 Å². The van der Waals surface area contributed by atoms with Gasteiger partial charge in [-0.1, -0.05) is 0 Å². The van der Waals surface area contributed by atoms with Crippen molar-refractivity contribution in [2.75, 3.05) is 18.0 Å². The van der Waals surface area contributed by atoms with Crippen molar-refractivity contribution in [3.05, 3.63) is 16.0 Å². The summed E-state index contributed by atoms with van der Waals surface area (Å²) >= 11 is 1.83. The van der Waals surface area contributed by atoms with Crippen LogP contribution in [0.25, 0.3) is 0 Å². The van der Waals surface area contributed by atoms with Crippen LogP contribution in [-0.4, -0.2) is 19.1 Å². The summed E-state index contributed by atoms with van der Waals surface area (Å²) in [6.45, 7) is 1.92. The fourth-order valence-corrected chi connectivity index (χ4v) is 4.23. The molecular formula is C13H17N3S. The normalized spacial score (nSPS) is 23.5.